The number of Topliss-reactive ketones (excluding diaryl/α,β-unsaturated/α-hetero) is 1. The minimum Gasteiger partial charge on any atom is -0.351 e. The summed E-state index contributed by atoms with van der Waals surface area (Å²) < 4.78 is 0. The average molecular weight is 292 g/mol. The molecule has 3 heteroatoms. The molecule has 0 saturated carbocycles. The molecule has 112 valence electrons. The molecule has 2 unspecified atom stereocenters. The molecule has 0 aliphatic carbocycles. The summed E-state index contributed by atoms with van der Waals surface area (Å²) in [6.45, 7) is 4.02. The molecule has 0 spiro atoms. The lowest BCUT2D eigenvalue weighted by Gasteiger charge is -2.25. The van der Waals surface area contributed by atoms with Gasteiger partial charge in [-0.05, 0) is 19.4 Å². The van der Waals surface area contributed by atoms with E-state index in [0.717, 1.165) is 17.0 Å². The molecule has 0 fully saturated rings. The van der Waals surface area contributed by atoms with Crippen molar-refractivity contribution < 1.29 is 4.79 Å². The SMILES string of the molecule is CC1=NC(c2ccc(C)cc2)C(C(=O)c2ccccc2)N1C. The van der Waals surface area contributed by atoms with Crippen LogP contribution < -0.4 is 0 Å². The number of hydrogen-bond donors (Lipinski definition) is 0. The van der Waals surface area contributed by atoms with Gasteiger partial charge in [-0.1, -0.05) is 60.2 Å². The van der Waals surface area contributed by atoms with E-state index in [-0.39, 0.29) is 17.9 Å². The quantitative estimate of drug-likeness (QED) is 0.809. The van der Waals surface area contributed by atoms with Crippen LogP contribution in [0.4, 0.5) is 0 Å². The highest BCUT2D eigenvalue weighted by Gasteiger charge is 2.38. The monoisotopic (exact) mass is 292 g/mol. The summed E-state index contributed by atoms with van der Waals surface area (Å²) in [7, 11) is 1.94. The van der Waals surface area contributed by atoms with E-state index in [1.165, 1.54) is 5.56 Å². The number of aryl methyl sites for hydroxylation is 1. The van der Waals surface area contributed by atoms with Crippen LogP contribution in [0.15, 0.2) is 59.6 Å². The van der Waals surface area contributed by atoms with E-state index in [1.807, 2.05) is 49.2 Å². The number of aliphatic imine (C=N–C) groups is 1. The molecule has 0 amide bonds. The summed E-state index contributed by atoms with van der Waals surface area (Å²) in [5.41, 5.74) is 3.03. The maximum absolute atomic E-state index is 12.9. The number of rotatable bonds is 3. The van der Waals surface area contributed by atoms with E-state index < -0.39 is 0 Å². The molecule has 0 aromatic heterocycles. The van der Waals surface area contributed by atoms with Crippen LogP contribution in [0.3, 0.4) is 0 Å². The molecule has 3 rings (SSSR count). The first-order chi connectivity index (χ1) is 10.6. The third-order valence-corrected chi connectivity index (χ3v) is 4.30. The van der Waals surface area contributed by atoms with Gasteiger partial charge in [0.05, 0.1) is 5.84 Å². The lowest BCUT2D eigenvalue weighted by Crippen LogP contribution is -2.39. The summed E-state index contributed by atoms with van der Waals surface area (Å²) in [4.78, 5) is 19.6. The number of amidine groups is 1. The largest absolute Gasteiger partial charge is 0.351 e. The van der Waals surface area contributed by atoms with Gasteiger partial charge in [-0.2, -0.15) is 0 Å². The van der Waals surface area contributed by atoms with Crippen LogP contribution in [-0.2, 0) is 0 Å². The Hall–Kier alpha value is -2.42. The molecular formula is C19H20N2O. The topological polar surface area (TPSA) is 32.7 Å². The molecule has 0 bridgehead atoms. The number of hydrogen-bond acceptors (Lipinski definition) is 3. The zero-order chi connectivity index (χ0) is 15.7. The maximum atomic E-state index is 12.9. The Morgan fingerprint density at radius 1 is 1.00 bits per heavy atom. The first-order valence-corrected chi connectivity index (χ1v) is 7.51. The van der Waals surface area contributed by atoms with Crippen LogP contribution >= 0.6 is 0 Å². The van der Waals surface area contributed by atoms with Crippen molar-refractivity contribution in [2.45, 2.75) is 25.9 Å². The van der Waals surface area contributed by atoms with Crippen molar-refractivity contribution in [2.75, 3.05) is 7.05 Å². The van der Waals surface area contributed by atoms with Gasteiger partial charge in [0.15, 0.2) is 5.78 Å². The third-order valence-electron chi connectivity index (χ3n) is 4.30. The first-order valence-electron chi connectivity index (χ1n) is 7.51. The highest BCUT2D eigenvalue weighted by Crippen LogP contribution is 2.32. The summed E-state index contributed by atoms with van der Waals surface area (Å²) in [6, 6.07) is 17.3. The fraction of sp³-hybridized carbons (Fsp3) is 0.263. The molecule has 2 aromatic carbocycles. The second kappa shape index (κ2) is 5.76. The molecule has 3 nitrogen and oxygen atoms in total. The number of nitrogens with zero attached hydrogens (tertiary/aromatic N) is 2. The standard InChI is InChI=1S/C19H20N2O/c1-13-9-11-15(12-10-13)17-18(21(3)14(2)20-17)19(22)16-7-5-4-6-8-16/h4-12,17-18H,1-3H3. The highest BCUT2D eigenvalue weighted by atomic mass is 16.1. The lowest BCUT2D eigenvalue weighted by molar-refractivity contribution is 0.0895. The Morgan fingerprint density at radius 2 is 1.64 bits per heavy atom. The number of likely N-dealkylation sites (N-methyl/N-ethyl adjacent to an activating group) is 1. The van der Waals surface area contributed by atoms with Gasteiger partial charge in [-0.15, -0.1) is 0 Å². The summed E-state index contributed by atoms with van der Waals surface area (Å²) in [5.74, 6) is 1.02. The second-order valence-corrected chi connectivity index (χ2v) is 5.82. The summed E-state index contributed by atoms with van der Waals surface area (Å²) >= 11 is 0. The Kier molecular flexibility index (Phi) is 3.80. The fourth-order valence-electron chi connectivity index (χ4n) is 2.89. The Balaban J connectivity index is 1.97. The Labute approximate surface area is 131 Å². The highest BCUT2D eigenvalue weighted by molar-refractivity contribution is 6.04. The number of carbonyl (C=O) groups is 1. The Morgan fingerprint density at radius 3 is 2.27 bits per heavy atom. The van der Waals surface area contributed by atoms with Crippen molar-refractivity contribution in [1.82, 2.24) is 4.90 Å². The summed E-state index contributed by atoms with van der Waals surface area (Å²) in [5, 5.41) is 0. The van der Waals surface area contributed by atoms with E-state index in [1.54, 1.807) is 0 Å². The van der Waals surface area contributed by atoms with Crippen LogP contribution in [0.1, 0.15) is 34.5 Å². The number of carbonyl (C=O) groups excluding carboxylic acids is 1. The van der Waals surface area contributed by atoms with Crippen LogP contribution in [0.2, 0.25) is 0 Å². The Bertz CT molecular complexity index is 704. The lowest BCUT2D eigenvalue weighted by atomic mass is 9.93. The van der Waals surface area contributed by atoms with Gasteiger partial charge in [0.1, 0.15) is 12.1 Å². The first kappa shape index (κ1) is 14.5. The molecule has 1 heterocycles. The van der Waals surface area contributed by atoms with Crippen LogP contribution in [0.25, 0.3) is 0 Å². The van der Waals surface area contributed by atoms with Crippen molar-refractivity contribution >= 4 is 11.6 Å². The average Bonchev–Trinajstić information content (AvgIpc) is 2.84. The van der Waals surface area contributed by atoms with E-state index in [2.05, 4.69) is 31.2 Å². The van der Waals surface area contributed by atoms with Gasteiger partial charge in [-0.3, -0.25) is 9.79 Å². The van der Waals surface area contributed by atoms with Crippen molar-refractivity contribution in [3.8, 4) is 0 Å². The molecule has 22 heavy (non-hydrogen) atoms. The van der Waals surface area contributed by atoms with E-state index in [9.17, 15) is 4.79 Å². The van der Waals surface area contributed by atoms with Crippen molar-refractivity contribution in [3.05, 3.63) is 71.3 Å². The fourth-order valence-corrected chi connectivity index (χ4v) is 2.89. The normalized spacial score (nSPS) is 20.9. The van der Waals surface area contributed by atoms with Gasteiger partial charge in [0, 0.05) is 12.6 Å². The minimum atomic E-state index is -0.273. The number of ketones is 1. The maximum Gasteiger partial charge on any atom is 0.187 e. The summed E-state index contributed by atoms with van der Waals surface area (Å²) in [6.07, 6.45) is 0. The molecule has 1 aliphatic rings. The van der Waals surface area contributed by atoms with E-state index >= 15 is 0 Å². The van der Waals surface area contributed by atoms with E-state index in [0.29, 0.717) is 0 Å². The molecule has 0 saturated heterocycles. The zero-order valence-corrected chi connectivity index (χ0v) is 13.2. The predicted molar refractivity (Wildman–Crippen MR) is 89.4 cm³/mol. The van der Waals surface area contributed by atoms with Crippen molar-refractivity contribution in [1.29, 1.82) is 0 Å². The second-order valence-electron chi connectivity index (χ2n) is 5.82. The van der Waals surface area contributed by atoms with Crippen LogP contribution in [0.5, 0.6) is 0 Å². The molecule has 0 N–H and O–H groups in total. The van der Waals surface area contributed by atoms with Crippen LogP contribution in [-0.4, -0.2) is 29.6 Å². The molecule has 2 aromatic rings. The zero-order valence-electron chi connectivity index (χ0n) is 13.2. The molecular weight excluding hydrogens is 272 g/mol. The number of benzene rings is 2. The van der Waals surface area contributed by atoms with Crippen molar-refractivity contribution in [3.63, 3.8) is 0 Å². The molecule has 2 atom stereocenters. The van der Waals surface area contributed by atoms with Gasteiger partial charge in [-0.25, -0.2) is 0 Å². The molecule has 1 aliphatic heterocycles. The third kappa shape index (κ3) is 2.54. The van der Waals surface area contributed by atoms with Gasteiger partial charge < -0.3 is 4.90 Å². The van der Waals surface area contributed by atoms with Crippen LogP contribution in [0, 0.1) is 6.92 Å². The smallest absolute Gasteiger partial charge is 0.187 e. The van der Waals surface area contributed by atoms with Crippen molar-refractivity contribution in [2.24, 2.45) is 4.99 Å². The minimum absolute atomic E-state index is 0.120. The van der Waals surface area contributed by atoms with Gasteiger partial charge in [0.2, 0.25) is 0 Å². The predicted octanol–water partition coefficient (Wildman–Crippen LogP) is 3.65. The molecule has 0 radical (unpaired) electrons. The van der Waals surface area contributed by atoms with Gasteiger partial charge in [0.25, 0.3) is 0 Å². The van der Waals surface area contributed by atoms with Gasteiger partial charge >= 0.3 is 0 Å². The van der Waals surface area contributed by atoms with E-state index in [4.69, 9.17) is 4.99 Å².